The van der Waals surface area contributed by atoms with Crippen LogP contribution < -0.4 is 0 Å². The van der Waals surface area contributed by atoms with Crippen molar-refractivity contribution < 1.29 is 15.0 Å². The van der Waals surface area contributed by atoms with E-state index in [1.807, 2.05) is 32.0 Å². The summed E-state index contributed by atoms with van der Waals surface area (Å²) < 4.78 is 0. The van der Waals surface area contributed by atoms with Crippen LogP contribution >= 0.6 is 20.3 Å². The Balaban J connectivity index is 1.95. The minimum absolute atomic E-state index is 0.159. The molecule has 2 atom stereocenters. The molecule has 2 aromatic carbocycles. The van der Waals surface area contributed by atoms with E-state index in [0.29, 0.717) is 21.2 Å². The molecule has 0 aromatic heterocycles. The second-order valence-electron chi connectivity index (χ2n) is 6.13. The van der Waals surface area contributed by atoms with Crippen LogP contribution in [0.5, 0.6) is 0 Å². The summed E-state index contributed by atoms with van der Waals surface area (Å²) in [4.78, 5) is 12.6. The first kappa shape index (κ1) is 18.3. The Morgan fingerprint density at radius 3 is 2.61 bits per heavy atom. The summed E-state index contributed by atoms with van der Waals surface area (Å²) in [5.41, 5.74) is -0.770. The fraction of sp³-hybridized carbons (Fsp3) is 0.389. The van der Waals surface area contributed by atoms with Crippen molar-refractivity contribution in [3.63, 3.8) is 0 Å². The lowest BCUT2D eigenvalue weighted by molar-refractivity contribution is -0.157. The summed E-state index contributed by atoms with van der Waals surface area (Å²) in [6, 6.07) is 14.5. The van der Waals surface area contributed by atoms with Crippen LogP contribution in [-0.2, 0) is 4.79 Å². The molecule has 0 bridgehead atoms. The lowest BCUT2D eigenvalue weighted by Crippen LogP contribution is -2.42. The Bertz CT molecular complexity index is 669. The molecule has 0 amide bonds. The normalized spacial score (nSPS) is 14.6. The molecule has 3 nitrogen and oxygen atoms in total. The summed E-state index contributed by atoms with van der Waals surface area (Å²) in [7, 11) is 0.405. The third-order valence-corrected chi connectivity index (χ3v) is 6.54. The highest BCUT2D eigenvalue weighted by molar-refractivity contribution is 8.03. The van der Waals surface area contributed by atoms with Gasteiger partial charge in [-0.05, 0) is 29.2 Å². The molecule has 23 heavy (non-hydrogen) atoms. The Labute approximate surface area is 143 Å². The lowest BCUT2D eigenvalue weighted by Gasteiger charge is -2.25. The van der Waals surface area contributed by atoms with Crippen molar-refractivity contribution in [3.05, 3.63) is 42.5 Å². The van der Waals surface area contributed by atoms with Gasteiger partial charge in [0.1, 0.15) is 0 Å². The molecule has 0 saturated carbocycles. The molecular formula is C18H23O3PS. The van der Waals surface area contributed by atoms with Crippen LogP contribution in [0.3, 0.4) is 0 Å². The van der Waals surface area contributed by atoms with Crippen molar-refractivity contribution in [3.8, 4) is 0 Å². The first-order valence-electron chi connectivity index (χ1n) is 7.69. The fourth-order valence-electron chi connectivity index (χ4n) is 2.62. The second kappa shape index (κ2) is 8.14. The number of fused-ring (bicyclic) bond motifs is 1. The maximum atomic E-state index is 11.3. The van der Waals surface area contributed by atoms with Crippen molar-refractivity contribution in [1.82, 2.24) is 0 Å². The molecule has 0 fully saturated rings. The second-order valence-corrected chi connectivity index (χ2v) is 8.86. The van der Waals surface area contributed by atoms with E-state index in [2.05, 4.69) is 24.3 Å². The largest absolute Gasteiger partial charge is 0.479 e. The quantitative estimate of drug-likeness (QED) is 0.420. The van der Waals surface area contributed by atoms with Gasteiger partial charge in [0.05, 0.1) is 0 Å². The fourth-order valence-corrected chi connectivity index (χ4v) is 5.28. The van der Waals surface area contributed by atoms with Crippen molar-refractivity contribution in [2.75, 3.05) is 11.7 Å². The molecular weight excluding hydrogens is 327 g/mol. The molecule has 0 aliphatic carbocycles. The topological polar surface area (TPSA) is 57.5 Å². The molecule has 0 aliphatic heterocycles. The van der Waals surface area contributed by atoms with E-state index in [1.165, 1.54) is 15.7 Å². The molecule has 0 radical (unpaired) electrons. The van der Waals surface area contributed by atoms with Crippen molar-refractivity contribution in [2.45, 2.75) is 30.8 Å². The minimum Gasteiger partial charge on any atom is -0.479 e. The molecule has 0 saturated heterocycles. The average molecular weight is 350 g/mol. The summed E-state index contributed by atoms with van der Waals surface area (Å²) in [5.74, 6) is -0.944. The van der Waals surface area contributed by atoms with Gasteiger partial charge in [-0.25, -0.2) is 4.79 Å². The monoisotopic (exact) mass is 350 g/mol. The van der Waals surface area contributed by atoms with Gasteiger partial charge in [0.25, 0.3) is 0 Å². The van der Waals surface area contributed by atoms with Crippen LogP contribution in [0.1, 0.15) is 20.3 Å². The standard InChI is InChI=1S/C18H23O3PS/c1-13(2)10-18(21,17(19)20)11-22-12-23-16-9-5-7-14-6-3-4-8-15(14)16/h3-9,13,21-22H,10-12H2,1-2H3,(H,19,20). The zero-order valence-corrected chi connectivity index (χ0v) is 15.3. The molecule has 2 unspecified atom stereocenters. The molecule has 0 aliphatic rings. The molecule has 0 heterocycles. The number of hydrogen-bond donors (Lipinski definition) is 2. The van der Waals surface area contributed by atoms with Gasteiger partial charge in [0.15, 0.2) is 5.60 Å². The highest BCUT2D eigenvalue weighted by atomic mass is 32.2. The van der Waals surface area contributed by atoms with Crippen LogP contribution in [0, 0.1) is 5.92 Å². The minimum atomic E-state index is -1.59. The predicted octanol–water partition coefficient (Wildman–Crippen LogP) is 4.43. The van der Waals surface area contributed by atoms with Crippen LogP contribution in [0.2, 0.25) is 0 Å². The number of thioether (sulfide) groups is 1. The van der Waals surface area contributed by atoms with Gasteiger partial charge in [0.2, 0.25) is 0 Å². The van der Waals surface area contributed by atoms with Crippen LogP contribution in [0.25, 0.3) is 10.8 Å². The Hall–Kier alpha value is -1.09. The zero-order valence-electron chi connectivity index (χ0n) is 13.5. The maximum absolute atomic E-state index is 11.3. The summed E-state index contributed by atoms with van der Waals surface area (Å²) >= 11 is 1.73. The van der Waals surface area contributed by atoms with Crippen molar-refractivity contribution in [1.29, 1.82) is 0 Å². The van der Waals surface area contributed by atoms with Gasteiger partial charge >= 0.3 is 5.97 Å². The van der Waals surface area contributed by atoms with Gasteiger partial charge in [-0.3, -0.25) is 0 Å². The summed E-state index contributed by atoms with van der Waals surface area (Å²) in [6.07, 6.45) is 0.618. The van der Waals surface area contributed by atoms with E-state index < -0.39 is 11.6 Å². The number of rotatable bonds is 8. The van der Waals surface area contributed by atoms with E-state index in [-0.39, 0.29) is 5.92 Å². The highest BCUT2D eigenvalue weighted by Gasteiger charge is 2.35. The van der Waals surface area contributed by atoms with Crippen LogP contribution in [0.4, 0.5) is 0 Å². The predicted molar refractivity (Wildman–Crippen MR) is 99.9 cm³/mol. The van der Waals surface area contributed by atoms with Crippen LogP contribution in [0.15, 0.2) is 47.4 Å². The highest BCUT2D eigenvalue weighted by Crippen LogP contribution is 2.34. The van der Waals surface area contributed by atoms with Gasteiger partial charge in [-0.1, -0.05) is 50.2 Å². The number of benzene rings is 2. The lowest BCUT2D eigenvalue weighted by atomic mass is 9.94. The summed E-state index contributed by atoms with van der Waals surface area (Å²) in [5, 5.41) is 22.0. The van der Waals surface area contributed by atoms with E-state index in [1.54, 1.807) is 11.8 Å². The number of aliphatic carboxylic acids is 1. The smallest absolute Gasteiger partial charge is 0.336 e. The molecule has 0 spiro atoms. The van der Waals surface area contributed by atoms with Gasteiger partial charge < -0.3 is 10.2 Å². The van der Waals surface area contributed by atoms with Crippen molar-refractivity contribution in [2.24, 2.45) is 5.92 Å². The van der Waals surface area contributed by atoms with E-state index in [0.717, 1.165) is 5.49 Å². The average Bonchev–Trinajstić information content (AvgIpc) is 2.51. The Morgan fingerprint density at radius 1 is 1.22 bits per heavy atom. The Kier molecular flexibility index (Phi) is 6.46. The number of hydrogen-bond acceptors (Lipinski definition) is 3. The molecule has 124 valence electrons. The molecule has 2 aromatic rings. The van der Waals surface area contributed by atoms with Crippen LogP contribution in [-0.4, -0.2) is 33.4 Å². The first-order chi connectivity index (χ1) is 10.9. The zero-order chi connectivity index (χ0) is 16.9. The van der Waals surface area contributed by atoms with Gasteiger partial charge in [-0.15, -0.1) is 20.3 Å². The molecule has 2 rings (SSSR count). The number of aliphatic hydroxyl groups is 1. The van der Waals surface area contributed by atoms with Gasteiger partial charge in [0, 0.05) is 16.6 Å². The van der Waals surface area contributed by atoms with E-state index in [4.69, 9.17) is 0 Å². The van der Waals surface area contributed by atoms with Gasteiger partial charge in [-0.2, -0.15) is 0 Å². The van der Waals surface area contributed by atoms with E-state index in [9.17, 15) is 15.0 Å². The van der Waals surface area contributed by atoms with Crippen molar-refractivity contribution >= 4 is 37.1 Å². The maximum Gasteiger partial charge on any atom is 0.336 e. The first-order valence-corrected chi connectivity index (χ1v) is 10.1. The third kappa shape index (κ3) is 4.94. The number of carboxylic acid groups (broad SMARTS) is 1. The molecule has 5 heteroatoms. The Morgan fingerprint density at radius 2 is 1.91 bits per heavy atom. The summed E-state index contributed by atoms with van der Waals surface area (Å²) in [6.45, 7) is 3.86. The SMILES string of the molecule is CC(C)CC(O)(CPCSc1cccc2ccccc12)C(=O)O. The third-order valence-electron chi connectivity index (χ3n) is 3.64. The number of carbonyl (C=O) groups is 1. The molecule has 2 N–H and O–H groups in total. The van der Waals surface area contributed by atoms with E-state index >= 15 is 0 Å². The number of carboxylic acids is 1.